The van der Waals surface area contributed by atoms with E-state index in [1.54, 1.807) is 4.68 Å². The molecule has 0 radical (unpaired) electrons. The molecule has 2 fully saturated rings. The Hall–Kier alpha value is -2.87. The quantitative estimate of drug-likeness (QED) is 0.716. The fourth-order valence-corrected chi connectivity index (χ4v) is 5.09. The Morgan fingerprint density at radius 1 is 1.16 bits per heavy atom. The fraction of sp³-hybridized carbons (Fsp3) is 0.542. The summed E-state index contributed by atoms with van der Waals surface area (Å²) >= 11 is 0. The molecule has 2 saturated heterocycles. The van der Waals surface area contributed by atoms with Crippen molar-refractivity contribution < 1.29 is 14.3 Å². The Balaban J connectivity index is 1.27. The number of nitrogens with zero attached hydrogens (tertiary/aromatic N) is 3. The van der Waals surface area contributed by atoms with Gasteiger partial charge >= 0.3 is 0 Å². The van der Waals surface area contributed by atoms with E-state index in [4.69, 9.17) is 4.74 Å². The molecule has 32 heavy (non-hydrogen) atoms. The molecular formula is C24H31N5O3. The third-order valence-electron chi connectivity index (χ3n) is 6.98. The van der Waals surface area contributed by atoms with Crippen molar-refractivity contribution in [2.24, 2.45) is 7.05 Å². The number of fused-ring (bicyclic) bond motifs is 1. The number of rotatable bonds is 1. The number of benzene rings is 1. The number of hydrogen-bond acceptors (Lipinski definition) is 5. The van der Waals surface area contributed by atoms with Gasteiger partial charge in [0.2, 0.25) is 0 Å². The fourth-order valence-electron chi connectivity index (χ4n) is 5.09. The van der Waals surface area contributed by atoms with Crippen LogP contribution in [0, 0.1) is 0 Å². The largest absolute Gasteiger partial charge is 0.370 e. The van der Waals surface area contributed by atoms with E-state index >= 15 is 0 Å². The topological polar surface area (TPSA) is 88.5 Å². The van der Waals surface area contributed by atoms with Gasteiger partial charge < -0.3 is 20.3 Å². The number of carbonyl (C=O) groups excluding carboxylic acids is 2. The number of aromatic nitrogens is 2. The van der Waals surface area contributed by atoms with E-state index in [1.807, 2.05) is 42.3 Å². The number of anilines is 1. The van der Waals surface area contributed by atoms with E-state index in [0.29, 0.717) is 37.4 Å². The highest BCUT2D eigenvalue weighted by Crippen LogP contribution is 2.43. The highest BCUT2D eigenvalue weighted by Gasteiger charge is 2.53. The minimum Gasteiger partial charge on any atom is -0.370 e. The van der Waals surface area contributed by atoms with Crippen LogP contribution in [0.15, 0.2) is 30.3 Å². The highest BCUT2D eigenvalue weighted by atomic mass is 16.5. The smallest absolute Gasteiger partial charge is 0.272 e. The van der Waals surface area contributed by atoms with Gasteiger partial charge in [-0.25, -0.2) is 0 Å². The number of likely N-dealkylation sites (tertiary alicyclic amines) is 1. The molecular weight excluding hydrogens is 406 g/mol. The number of ether oxygens (including phenoxy) is 1. The molecule has 1 atom stereocenters. The van der Waals surface area contributed by atoms with Crippen molar-refractivity contribution in [2.45, 2.75) is 56.7 Å². The first-order chi connectivity index (χ1) is 15.1. The standard InChI is InChI=1S/C24H31N5O3/c1-22(2,3)19-13-18(28(4)27-19)21(31)29-11-9-23(10-12-29)14-24(15-32-23)25-17-8-6-5-7-16(17)20(30)26-24/h5-8,13,25H,9-12,14-15H2,1-4H3,(H,26,30). The van der Waals surface area contributed by atoms with Crippen molar-refractivity contribution in [2.75, 3.05) is 25.0 Å². The second-order valence-corrected chi connectivity index (χ2v) is 10.4. The lowest BCUT2D eigenvalue weighted by Crippen LogP contribution is -2.59. The van der Waals surface area contributed by atoms with Crippen LogP contribution in [0.5, 0.6) is 0 Å². The Kier molecular flexibility index (Phi) is 4.64. The summed E-state index contributed by atoms with van der Waals surface area (Å²) in [5.41, 5.74) is 1.99. The summed E-state index contributed by atoms with van der Waals surface area (Å²) in [6.45, 7) is 7.94. The Labute approximate surface area is 188 Å². The minimum atomic E-state index is -0.596. The monoisotopic (exact) mass is 437 g/mol. The lowest BCUT2D eigenvalue weighted by atomic mass is 9.84. The summed E-state index contributed by atoms with van der Waals surface area (Å²) in [5, 5.41) is 11.2. The summed E-state index contributed by atoms with van der Waals surface area (Å²) in [4.78, 5) is 27.7. The van der Waals surface area contributed by atoms with Crippen LogP contribution in [-0.2, 0) is 17.2 Å². The van der Waals surface area contributed by atoms with Gasteiger partial charge in [0, 0.05) is 37.7 Å². The van der Waals surface area contributed by atoms with Crippen molar-refractivity contribution in [1.29, 1.82) is 0 Å². The van der Waals surface area contributed by atoms with Crippen molar-refractivity contribution in [1.82, 2.24) is 20.0 Å². The average molecular weight is 438 g/mol. The zero-order chi connectivity index (χ0) is 22.7. The van der Waals surface area contributed by atoms with Crippen LogP contribution < -0.4 is 10.6 Å². The van der Waals surface area contributed by atoms with Crippen LogP contribution in [0.25, 0.3) is 0 Å². The number of aryl methyl sites for hydroxylation is 1. The van der Waals surface area contributed by atoms with Gasteiger partial charge in [0.15, 0.2) is 0 Å². The maximum atomic E-state index is 13.2. The average Bonchev–Trinajstić information content (AvgIpc) is 3.29. The van der Waals surface area contributed by atoms with E-state index in [1.165, 1.54) is 0 Å². The molecule has 8 heteroatoms. The first kappa shape index (κ1) is 21.0. The first-order valence-electron chi connectivity index (χ1n) is 11.3. The number of carbonyl (C=O) groups is 2. The molecule has 2 spiro atoms. The summed E-state index contributed by atoms with van der Waals surface area (Å²) < 4.78 is 8.00. The SMILES string of the molecule is Cn1nc(C(C)(C)C)cc1C(=O)N1CCC2(CC1)CC1(CO2)NC(=O)c2ccccc2N1. The van der Waals surface area contributed by atoms with Crippen LogP contribution >= 0.6 is 0 Å². The molecule has 5 rings (SSSR count). The molecule has 170 valence electrons. The molecule has 2 amide bonds. The van der Waals surface area contributed by atoms with E-state index < -0.39 is 5.66 Å². The van der Waals surface area contributed by atoms with Gasteiger partial charge in [0.05, 0.1) is 23.5 Å². The molecule has 1 unspecified atom stereocenters. The maximum absolute atomic E-state index is 13.2. The van der Waals surface area contributed by atoms with Gasteiger partial charge in [-0.1, -0.05) is 32.9 Å². The number of para-hydroxylation sites is 1. The number of hydrogen-bond donors (Lipinski definition) is 2. The number of nitrogens with one attached hydrogen (secondary N) is 2. The lowest BCUT2D eigenvalue weighted by molar-refractivity contribution is -0.0394. The first-order valence-corrected chi connectivity index (χ1v) is 11.3. The molecule has 4 heterocycles. The van der Waals surface area contributed by atoms with E-state index in [9.17, 15) is 9.59 Å². The predicted octanol–water partition coefficient (Wildman–Crippen LogP) is 2.66. The second-order valence-electron chi connectivity index (χ2n) is 10.4. The molecule has 8 nitrogen and oxygen atoms in total. The Morgan fingerprint density at radius 3 is 2.56 bits per heavy atom. The van der Waals surface area contributed by atoms with Crippen molar-refractivity contribution in [3.63, 3.8) is 0 Å². The molecule has 1 aromatic carbocycles. The van der Waals surface area contributed by atoms with Gasteiger partial charge in [0.25, 0.3) is 11.8 Å². The normalized spacial score (nSPS) is 24.4. The molecule has 2 N–H and O–H groups in total. The lowest BCUT2D eigenvalue weighted by Gasteiger charge is -2.41. The third kappa shape index (κ3) is 3.46. The van der Waals surface area contributed by atoms with Crippen LogP contribution in [-0.4, -0.2) is 57.5 Å². The van der Waals surface area contributed by atoms with Crippen molar-refractivity contribution in [3.8, 4) is 0 Å². The number of piperidine rings is 1. The molecule has 1 aromatic heterocycles. The molecule has 3 aliphatic rings. The van der Waals surface area contributed by atoms with E-state index in [-0.39, 0.29) is 22.8 Å². The zero-order valence-electron chi connectivity index (χ0n) is 19.2. The van der Waals surface area contributed by atoms with Gasteiger partial charge in [0.1, 0.15) is 11.4 Å². The molecule has 2 aromatic rings. The molecule has 0 saturated carbocycles. The van der Waals surface area contributed by atoms with Crippen LogP contribution in [0.2, 0.25) is 0 Å². The number of amides is 2. The minimum absolute atomic E-state index is 0.0103. The van der Waals surface area contributed by atoms with Crippen molar-refractivity contribution >= 4 is 17.5 Å². The molecule has 0 aliphatic carbocycles. The summed E-state index contributed by atoms with van der Waals surface area (Å²) in [6.07, 6.45) is 2.16. The Bertz CT molecular complexity index is 1080. The van der Waals surface area contributed by atoms with E-state index in [2.05, 4.69) is 36.5 Å². The zero-order valence-corrected chi connectivity index (χ0v) is 19.2. The van der Waals surface area contributed by atoms with E-state index in [0.717, 1.165) is 24.2 Å². The summed E-state index contributed by atoms with van der Waals surface area (Å²) in [7, 11) is 1.83. The van der Waals surface area contributed by atoms with Crippen molar-refractivity contribution in [3.05, 3.63) is 47.3 Å². The van der Waals surface area contributed by atoms with Crippen LogP contribution in [0.4, 0.5) is 5.69 Å². The van der Waals surface area contributed by atoms with Gasteiger partial charge in [-0.3, -0.25) is 14.3 Å². The summed E-state index contributed by atoms with van der Waals surface area (Å²) in [5.74, 6) is -0.0606. The predicted molar refractivity (Wildman–Crippen MR) is 121 cm³/mol. The van der Waals surface area contributed by atoms with Gasteiger partial charge in [-0.15, -0.1) is 0 Å². The second kappa shape index (κ2) is 7.07. The maximum Gasteiger partial charge on any atom is 0.272 e. The molecule has 3 aliphatic heterocycles. The van der Waals surface area contributed by atoms with Crippen LogP contribution in [0.3, 0.4) is 0 Å². The van der Waals surface area contributed by atoms with Gasteiger partial charge in [-0.2, -0.15) is 5.10 Å². The van der Waals surface area contributed by atoms with Gasteiger partial charge in [-0.05, 0) is 31.0 Å². The third-order valence-corrected chi connectivity index (χ3v) is 6.98. The Morgan fingerprint density at radius 2 is 1.88 bits per heavy atom. The highest BCUT2D eigenvalue weighted by molar-refractivity contribution is 6.02. The van der Waals surface area contributed by atoms with Crippen LogP contribution in [0.1, 0.15) is 66.6 Å². The molecule has 0 bridgehead atoms. The summed E-state index contributed by atoms with van der Waals surface area (Å²) in [6, 6.07) is 9.46.